The Morgan fingerprint density at radius 2 is 2.19 bits per heavy atom. The summed E-state index contributed by atoms with van der Waals surface area (Å²) < 4.78 is 26.6. The van der Waals surface area contributed by atoms with Crippen molar-refractivity contribution >= 4 is 43.7 Å². The molecule has 2 rings (SSSR count). The molecule has 1 aromatic heterocycles. The van der Waals surface area contributed by atoms with E-state index in [0.717, 1.165) is 11.4 Å². The Kier molecular flexibility index (Phi) is 4.86. The van der Waals surface area contributed by atoms with E-state index in [-0.39, 0.29) is 15.9 Å². The van der Waals surface area contributed by atoms with Gasteiger partial charge in [0.25, 0.3) is 0 Å². The number of nitrogens with one attached hydrogen (secondary N) is 1. The van der Waals surface area contributed by atoms with Crippen molar-refractivity contribution in [2.45, 2.75) is 19.1 Å². The predicted molar refractivity (Wildman–Crippen MR) is 87.9 cm³/mol. The van der Waals surface area contributed by atoms with E-state index in [1.165, 1.54) is 11.3 Å². The summed E-state index contributed by atoms with van der Waals surface area (Å²) in [6, 6.07) is 6.83. The summed E-state index contributed by atoms with van der Waals surface area (Å²) in [6.07, 6.45) is 0.718. The molecule has 0 unspecified atom stereocenters. The average molecular weight is 342 g/mol. The molecule has 0 aliphatic heterocycles. The van der Waals surface area contributed by atoms with Gasteiger partial charge in [-0.25, -0.2) is 8.42 Å². The zero-order valence-corrected chi connectivity index (χ0v) is 13.7. The van der Waals surface area contributed by atoms with Crippen molar-refractivity contribution in [3.8, 4) is 0 Å². The topological polar surface area (TPSA) is 98.0 Å². The Bertz CT molecular complexity index is 755. The first-order valence-corrected chi connectivity index (χ1v) is 8.99. The summed E-state index contributed by atoms with van der Waals surface area (Å²) in [5, 5.41) is 8.72. The monoisotopic (exact) mass is 342 g/mol. The summed E-state index contributed by atoms with van der Waals surface area (Å²) in [6.45, 7) is 1.93. The van der Waals surface area contributed by atoms with Gasteiger partial charge in [0.2, 0.25) is 15.2 Å². The molecule has 21 heavy (non-hydrogen) atoms. The van der Waals surface area contributed by atoms with Crippen molar-refractivity contribution in [1.29, 1.82) is 0 Å². The molecule has 0 amide bonds. The number of benzene rings is 1. The molecule has 0 saturated carbocycles. The summed E-state index contributed by atoms with van der Waals surface area (Å²) in [5.74, 6) is -0.176. The third kappa shape index (κ3) is 4.45. The maximum Gasteiger partial charge on any atom is 0.238 e. The molecule has 0 aliphatic carbocycles. The van der Waals surface area contributed by atoms with Gasteiger partial charge in [0.05, 0.1) is 5.75 Å². The molecular formula is C12H14N4O2S3. The molecule has 0 saturated heterocycles. The van der Waals surface area contributed by atoms with Gasteiger partial charge >= 0.3 is 0 Å². The highest BCUT2D eigenvalue weighted by molar-refractivity contribution is 7.92. The van der Waals surface area contributed by atoms with Gasteiger partial charge in [-0.05, 0) is 18.1 Å². The first-order valence-electron chi connectivity index (χ1n) is 6.11. The SMILES string of the molecule is CCc1nnc(NS(=O)(=O)Cc2cccc(C(N)=S)c2)s1. The Morgan fingerprint density at radius 3 is 2.81 bits per heavy atom. The summed E-state index contributed by atoms with van der Waals surface area (Å²) in [7, 11) is -3.55. The van der Waals surface area contributed by atoms with Gasteiger partial charge in [0.15, 0.2) is 0 Å². The average Bonchev–Trinajstić information content (AvgIpc) is 2.85. The number of hydrogen-bond acceptors (Lipinski definition) is 6. The molecule has 0 radical (unpaired) electrons. The molecule has 0 atom stereocenters. The molecule has 6 nitrogen and oxygen atoms in total. The minimum Gasteiger partial charge on any atom is -0.389 e. The Morgan fingerprint density at radius 1 is 1.43 bits per heavy atom. The first-order chi connectivity index (χ1) is 9.89. The lowest BCUT2D eigenvalue weighted by Gasteiger charge is -2.06. The Labute approximate surface area is 132 Å². The van der Waals surface area contributed by atoms with Gasteiger partial charge in [-0.3, -0.25) is 4.72 Å². The maximum atomic E-state index is 12.1. The van der Waals surface area contributed by atoms with Crippen molar-refractivity contribution in [3.63, 3.8) is 0 Å². The number of thiocarbonyl (C=S) groups is 1. The highest BCUT2D eigenvalue weighted by atomic mass is 32.2. The normalized spacial score (nSPS) is 11.3. The van der Waals surface area contributed by atoms with Gasteiger partial charge in [0.1, 0.15) is 10.00 Å². The van der Waals surface area contributed by atoms with Crippen LogP contribution in [0.2, 0.25) is 0 Å². The van der Waals surface area contributed by atoms with E-state index < -0.39 is 10.0 Å². The highest BCUT2D eigenvalue weighted by Gasteiger charge is 2.15. The number of aromatic nitrogens is 2. The van der Waals surface area contributed by atoms with E-state index in [2.05, 4.69) is 14.9 Å². The fourth-order valence-corrected chi connectivity index (χ4v) is 3.84. The van der Waals surface area contributed by atoms with E-state index in [0.29, 0.717) is 11.1 Å². The van der Waals surface area contributed by atoms with Crippen LogP contribution in [0.15, 0.2) is 24.3 Å². The van der Waals surface area contributed by atoms with E-state index >= 15 is 0 Å². The van der Waals surface area contributed by atoms with Crippen LogP contribution >= 0.6 is 23.6 Å². The van der Waals surface area contributed by atoms with E-state index in [9.17, 15) is 8.42 Å². The van der Waals surface area contributed by atoms with Gasteiger partial charge in [-0.15, -0.1) is 10.2 Å². The lowest BCUT2D eigenvalue weighted by molar-refractivity contribution is 0.600. The van der Waals surface area contributed by atoms with Crippen molar-refractivity contribution in [2.75, 3.05) is 4.72 Å². The van der Waals surface area contributed by atoms with E-state index in [1.54, 1.807) is 24.3 Å². The second kappa shape index (κ2) is 6.46. The lowest BCUT2D eigenvalue weighted by Crippen LogP contribution is -2.16. The van der Waals surface area contributed by atoms with Gasteiger partial charge in [-0.2, -0.15) is 0 Å². The third-order valence-corrected chi connectivity index (χ3v) is 5.15. The lowest BCUT2D eigenvalue weighted by atomic mass is 10.1. The fraction of sp³-hybridized carbons (Fsp3) is 0.250. The molecule has 1 aromatic carbocycles. The maximum absolute atomic E-state index is 12.1. The van der Waals surface area contributed by atoms with Crippen LogP contribution < -0.4 is 10.5 Å². The third-order valence-electron chi connectivity index (χ3n) is 2.58. The predicted octanol–water partition coefficient (Wildman–Crippen LogP) is 1.68. The van der Waals surface area contributed by atoms with Crippen LogP contribution in [0.5, 0.6) is 0 Å². The number of hydrogen-bond donors (Lipinski definition) is 2. The Hall–Kier alpha value is -1.58. The Balaban J connectivity index is 2.13. The summed E-state index contributed by atoms with van der Waals surface area (Å²) in [5.41, 5.74) is 6.78. The molecule has 9 heteroatoms. The molecule has 2 aromatic rings. The smallest absolute Gasteiger partial charge is 0.238 e. The second-order valence-corrected chi connectivity index (χ2v) is 7.50. The molecule has 0 bridgehead atoms. The zero-order chi connectivity index (χ0) is 15.5. The number of anilines is 1. The van der Waals surface area contributed by atoms with Gasteiger partial charge in [-0.1, -0.05) is 48.7 Å². The van der Waals surface area contributed by atoms with Crippen LogP contribution in [0.4, 0.5) is 5.13 Å². The number of rotatable bonds is 6. The van der Waals surface area contributed by atoms with E-state index in [4.69, 9.17) is 18.0 Å². The van der Waals surface area contributed by atoms with Crippen LogP contribution in [0, 0.1) is 0 Å². The number of sulfonamides is 1. The summed E-state index contributed by atoms with van der Waals surface area (Å²) in [4.78, 5) is 0.235. The fourth-order valence-electron chi connectivity index (χ4n) is 1.64. The number of nitrogens with two attached hydrogens (primary N) is 1. The van der Waals surface area contributed by atoms with Crippen LogP contribution in [0.25, 0.3) is 0 Å². The van der Waals surface area contributed by atoms with Gasteiger partial charge < -0.3 is 5.73 Å². The first kappa shape index (κ1) is 15.8. The standard InChI is InChI=1S/C12H14N4O2S3/c1-2-10-14-15-12(20-10)16-21(17,18)7-8-4-3-5-9(6-8)11(13)19/h3-6H,2,7H2,1H3,(H2,13,19)(H,15,16). The van der Waals surface area contributed by atoms with Crippen LogP contribution in [-0.4, -0.2) is 23.6 Å². The minimum atomic E-state index is -3.55. The highest BCUT2D eigenvalue weighted by Crippen LogP contribution is 2.18. The van der Waals surface area contributed by atoms with Crippen molar-refractivity contribution in [1.82, 2.24) is 10.2 Å². The van der Waals surface area contributed by atoms with Crippen LogP contribution in [-0.2, 0) is 22.2 Å². The number of nitrogens with zero attached hydrogens (tertiary/aromatic N) is 2. The largest absolute Gasteiger partial charge is 0.389 e. The molecule has 0 aliphatic rings. The number of aryl methyl sites for hydroxylation is 1. The quantitative estimate of drug-likeness (QED) is 0.775. The van der Waals surface area contributed by atoms with E-state index in [1.807, 2.05) is 6.92 Å². The molecule has 112 valence electrons. The van der Waals surface area contributed by atoms with Crippen LogP contribution in [0.3, 0.4) is 0 Å². The van der Waals surface area contributed by atoms with Crippen molar-refractivity contribution in [3.05, 3.63) is 40.4 Å². The molecular weight excluding hydrogens is 328 g/mol. The van der Waals surface area contributed by atoms with Crippen molar-refractivity contribution in [2.24, 2.45) is 5.73 Å². The summed E-state index contributed by atoms with van der Waals surface area (Å²) >= 11 is 6.11. The molecule has 3 N–H and O–H groups in total. The van der Waals surface area contributed by atoms with Crippen LogP contribution in [0.1, 0.15) is 23.1 Å². The minimum absolute atomic E-state index is 0.176. The van der Waals surface area contributed by atoms with Gasteiger partial charge in [0, 0.05) is 5.56 Å². The molecule has 0 fully saturated rings. The zero-order valence-electron chi connectivity index (χ0n) is 11.2. The molecule has 1 heterocycles. The molecule has 0 spiro atoms. The second-order valence-electron chi connectivity index (χ2n) is 4.28. The van der Waals surface area contributed by atoms with Crippen molar-refractivity contribution < 1.29 is 8.42 Å².